The van der Waals surface area contributed by atoms with Crippen LogP contribution in [-0.2, 0) is 11.2 Å². The van der Waals surface area contributed by atoms with Gasteiger partial charge in [-0.15, -0.1) is 0 Å². The van der Waals surface area contributed by atoms with Crippen LogP contribution in [0.1, 0.15) is 27.3 Å². The van der Waals surface area contributed by atoms with Crippen LogP contribution >= 0.6 is 0 Å². The summed E-state index contributed by atoms with van der Waals surface area (Å²) in [5, 5.41) is 18.2. The number of aromatic nitrogens is 2. The normalized spacial score (nSPS) is 10.3. The number of nitrogens with one attached hydrogen (secondary N) is 2. The first-order chi connectivity index (χ1) is 9.47. The number of anilines is 1. The highest BCUT2D eigenvalue weighted by atomic mass is 16.4. The fraction of sp³-hybridized carbons (Fsp3) is 0.214. The number of hydrogen-bond acceptors (Lipinski definition) is 3. The number of hydrogen-bond donors (Lipinski definition) is 3. The molecular weight excluding hydrogens is 258 g/mol. The third-order valence-corrected chi connectivity index (χ3v) is 2.90. The highest BCUT2D eigenvalue weighted by Crippen LogP contribution is 2.15. The maximum absolute atomic E-state index is 12.2. The van der Waals surface area contributed by atoms with Crippen LogP contribution in [0, 0.1) is 13.8 Å². The quantitative estimate of drug-likeness (QED) is 0.793. The van der Waals surface area contributed by atoms with E-state index < -0.39 is 5.97 Å². The fourth-order valence-corrected chi connectivity index (χ4v) is 2.01. The minimum absolute atomic E-state index is 0.0759. The summed E-state index contributed by atoms with van der Waals surface area (Å²) < 4.78 is 0. The number of carbonyl (C=O) groups is 2. The molecule has 0 unspecified atom stereocenters. The second-order valence-corrected chi connectivity index (χ2v) is 4.53. The van der Waals surface area contributed by atoms with Gasteiger partial charge in [0.2, 0.25) is 0 Å². The zero-order valence-electron chi connectivity index (χ0n) is 11.2. The number of H-pyrrole nitrogens is 1. The standard InChI is InChI=1S/C14H15N3O3/c1-8-13(9(2)17-16-8)14(20)15-11-5-3-4-10(6-11)7-12(18)19/h3-6H,7H2,1-2H3,(H,15,20)(H,16,17)(H,18,19). The Morgan fingerprint density at radius 2 is 2.10 bits per heavy atom. The van der Waals surface area contributed by atoms with Gasteiger partial charge in [-0.2, -0.15) is 5.10 Å². The van der Waals surface area contributed by atoms with E-state index in [1.54, 1.807) is 38.1 Å². The molecule has 6 nitrogen and oxygen atoms in total. The molecule has 0 spiro atoms. The summed E-state index contributed by atoms with van der Waals surface area (Å²) in [6.45, 7) is 3.52. The van der Waals surface area contributed by atoms with E-state index in [0.717, 1.165) is 0 Å². The summed E-state index contributed by atoms with van der Waals surface area (Å²) in [5.74, 6) is -1.17. The molecule has 6 heteroatoms. The molecule has 0 atom stereocenters. The number of aryl methyl sites for hydroxylation is 2. The van der Waals surface area contributed by atoms with Gasteiger partial charge < -0.3 is 10.4 Å². The predicted octanol–water partition coefficient (Wildman–Crippen LogP) is 1.91. The van der Waals surface area contributed by atoms with Gasteiger partial charge >= 0.3 is 5.97 Å². The Morgan fingerprint density at radius 1 is 1.35 bits per heavy atom. The van der Waals surface area contributed by atoms with E-state index in [9.17, 15) is 9.59 Å². The smallest absolute Gasteiger partial charge is 0.307 e. The molecule has 2 aromatic rings. The molecule has 0 aliphatic carbocycles. The van der Waals surface area contributed by atoms with E-state index in [-0.39, 0.29) is 12.3 Å². The maximum Gasteiger partial charge on any atom is 0.307 e. The fourth-order valence-electron chi connectivity index (χ4n) is 2.01. The van der Waals surface area contributed by atoms with Gasteiger partial charge in [-0.05, 0) is 31.5 Å². The van der Waals surface area contributed by atoms with Crippen LogP contribution in [-0.4, -0.2) is 27.2 Å². The van der Waals surface area contributed by atoms with Gasteiger partial charge in [-0.25, -0.2) is 0 Å². The Balaban J connectivity index is 2.18. The van der Waals surface area contributed by atoms with Crippen molar-refractivity contribution in [3.63, 3.8) is 0 Å². The lowest BCUT2D eigenvalue weighted by molar-refractivity contribution is -0.136. The number of amides is 1. The number of benzene rings is 1. The maximum atomic E-state index is 12.2. The Labute approximate surface area is 115 Å². The number of carboxylic acid groups (broad SMARTS) is 1. The zero-order valence-corrected chi connectivity index (χ0v) is 11.2. The topological polar surface area (TPSA) is 95.1 Å². The molecule has 3 N–H and O–H groups in total. The molecule has 2 rings (SSSR count). The predicted molar refractivity (Wildman–Crippen MR) is 73.8 cm³/mol. The molecule has 104 valence electrons. The summed E-state index contributed by atoms with van der Waals surface area (Å²) >= 11 is 0. The van der Waals surface area contributed by atoms with E-state index in [0.29, 0.717) is 28.2 Å². The minimum atomic E-state index is -0.907. The number of aliphatic carboxylic acids is 1. The van der Waals surface area contributed by atoms with Crippen molar-refractivity contribution in [2.45, 2.75) is 20.3 Å². The number of carbonyl (C=O) groups excluding carboxylic acids is 1. The summed E-state index contributed by atoms with van der Waals surface area (Å²) in [6, 6.07) is 6.78. The van der Waals surface area contributed by atoms with E-state index >= 15 is 0 Å². The molecule has 1 amide bonds. The third-order valence-electron chi connectivity index (χ3n) is 2.90. The molecule has 0 saturated carbocycles. The summed E-state index contributed by atoms with van der Waals surface area (Å²) in [5.41, 5.74) is 3.03. The molecule has 0 aliphatic rings. The van der Waals surface area contributed by atoms with Gasteiger partial charge in [0.05, 0.1) is 17.7 Å². The van der Waals surface area contributed by atoms with Crippen molar-refractivity contribution in [1.82, 2.24) is 10.2 Å². The number of carboxylic acids is 1. The minimum Gasteiger partial charge on any atom is -0.481 e. The summed E-state index contributed by atoms with van der Waals surface area (Å²) in [4.78, 5) is 22.8. The first-order valence-corrected chi connectivity index (χ1v) is 6.11. The number of rotatable bonds is 4. The molecule has 0 bridgehead atoms. The Kier molecular flexibility index (Phi) is 3.84. The second-order valence-electron chi connectivity index (χ2n) is 4.53. The molecule has 0 fully saturated rings. The lowest BCUT2D eigenvalue weighted by Gasteiger charge is -2.07. The average Bonchev–Trinajstić information content (AvgIpc) is 2.68. The largest absolute Gasteiger partial charge is 0.481 e. The van der Waals surface area contributed by atoms with E-state index in [4.69, 9.17) is 5.11 Å². The van der Waals surface area contributed by atoms with Gasteiger partial charge in [0.25, 0.3) is 5.91 Å². The summed E-state index contributed by atoms with van der Waals surface area (Å²) in [6.07, 6.45) is -0.0759. The molecule has 0 saturated heterocycles. The van der Waals surface area contributed by atoms with Crippen LogP contribution in [0.2, 0.25) is 0 Å². The Morgan fingerprint density at radius 3 is 2.70 bits per heavy atom. The third kappa shape index (κ3) is 3.03. The second kappa shape index (κ2) is 5.56. The van der Waals surface area contributed by atoms with Gasteiger partial charge in [0, 0.05) is 11.4 Å². The molecule has 0 radical (unpaired) electrons. The van der Waals surface area contributed by atoms with Gasteiger partial charge in [-0.1, -0.05) is 12.1 Å². The lowest BCUT2D eigenvalue weighted by atomic mass is 10.1. The van der Waals surface area contributed by atoms with E-state index in [2.05, 4.69) is 15.5 Å². The van der Waals surface area contributed by atoms with Crippen molar-refractivity contribution in [3.8, 4) is 0 Å². The highest BCUT2D eigenvalue weighted by Gasteiger charge is 2.15. The van der Waals surface area contributed by atoms with E-state index in [1.165, 1.54) is 0 Å². The van der Waals surface area contributed by atoms with Crippen LogP contribution < -0.4 is 5.32 Å². The van der Waals surface area contributed by atoms with Crippen molar-refractivity contribution in [2.75, 3.05) is 5.32 Å². The van der Waals surface area contributed by atoms with Crippen LogP contribution in [0.25, 0.3) is 0 Å². The molecule has 1 heterocycles. The average molecular weight is 273 g/mol. The van der Waals surface area contributed by atoms with Gasteiger partial charge in [0.1, 0.15) is 0 Å². The highest BCUT2D eigenvalue weighted by molar-refractivity contribution is 6.05. The molecule has 20 heavy (non-hydrogen) atoms. The Bertz CT molecular complexity index is 642. The van der Waals surface area contributed by atoms with E-state index in [1.807, 2.05) is 0 Å². The first-order valence-electron chi connectivity index (χ1n) is 6.11. The lowest BCUT2D eigenvalue weighted by Crippen LogP contribution is -2.14. The Hall–Kier alpha value is -2.63. The zero-order chi connectivity index (χ0) is 14.7. The van der Waals surface area contributed by atoms with Crippen molar-refractivity contribution >= 4 is 17.6 Å². The molecule has 1 aromatic heterocycles. The van der Waals surface area contributed by atoms with Crippen LogP contribution in [0.15, 0.2) is 24.3 Å². The van der Waals surface area contributed by atoms with Gasteiger partial charge in [-0.3, -0.25) is 14.7 Å². The van der Waals surface area contributed by atoms with Crippen molar-refractivity contribution in [1.29, 1.82) is 0 Å². The van der Waals surface area contributed by atoms with Crippen molar-refractivity contribution in [3.05, 3.63) is 46.8 Å². The molecule has 0 aliphatic heterocycles. The van der Waals surface area contributed by atoms with Crippen LogP contribution in [0.5, 0.6) is 0 Å². The van der Waals surface area contributed by atoms with Gasteiger partial charge in [0.15, 0.2) is 0 Å². The first kappa shape index (κ1) is 13.8. The number of nitrogens with zero attached hydrogens (tertiary/aromatic N) is 1. The number of aromatic amines is 1. The van der Waals surface area contributed by atoms with Crippen LogP contribution in [0.3, 0.4) is 0 Å². The molecule has 1 aromatic carbocycles. The SMILES string of the molecule is Cc1n[nH]c(C)c1C(=O)Nc1cccc(CC(=O)O)c1. The monoisotopic (exact) mass is 273 g/mol. The van der Waals surface area contributed by atoms with Crippen molar-refractivity contribution in [2.24, 2.45) is 0 Å². The summed E-state index contributed by atoms with van der Waals surface area (Å²) in [7, 11) is 0. The van der Waals surface area contributed by atoms with Crippen LogP contribution in [0.4, 0.5) is 5.69 Å². The van der Waals surface area contributed by atoms with Crippen molar-refractivity contribution < 1.29 is 14.7 Å². The molecular formula is C14H15N3O3.